The summed E-state index contributed by atoms with van der Waals surface area (Å²) in [5.41, 5.74) is 2.94. The molecule has 0 spiro atoms. The van der Waals surface area contributed by atoms with Gasteiger partial charge in [-0.15, -0.1) is 0 Å². The molecule has 4 heteroatoms. The van der Waals surface area contributed by atoms with Gasteiger partial charge in [-0.25, -0.2) is 0 Å². The van der Waals surface area contributed by atoms with Crippen LogP contribution in [0.25, 0.3) is 0 Å². The van der Waals surface area contributed by atoms with E-state index in [-0.39, 0.29) is 0 Å². The Morgan fingerprint density at radius 3 is 2.89 bits per heavy atom. The van der Waals surface area contributed by atoms with E-state index >= 15 is 0 Å². The van der Waals surface area contributed by atoms with Gasteiger partial charge < -0.3 is 10.1 Å². The fourth-order valence-electron chi connectivity index (χ4n) is 1.72. The summed E-state index contributed by atoms with van der Waals surface area (Å²) in [6.07, 6.45) is 0. The second-order valence-electron chi connectivity index (χ2n) is 3.87. The fourth-order valence-corrected chi connectivity index (χ4v) is 2.39. The van der Waals surface area contributed by atoms with Gasteiger partial charge in [0.25, 0.3) is 0 Å². The summed E-state index contributed by atoms with van der Waals surface area (Å²) >= 11 is 1.69. The van der Waals surface area contributed by atoms with Crippen molar-refractivity contribution in [1.82, 2.24) is 5.32 Å². The second-order valence-corrected chi connectivity index (χ2v) is 4.65. The number of methoxy groups -OCH3 is 1. The van der Waals surface area contributed by atoms with Crippen LogP contribution >= 0.6 is 11.3 Å². The third-order valence-electron chi connectivity index (χ3n) is 2.63. The number of hydrogen-bond donors (Lipinski definition) is 1. The van der Waals surface area contributed by atoms with E-state index in [1.54, 1.807) is 24.5 Å². The molecule has 1 heterocycles. The van der Waals surface area contributed by atoms with Crippen LogP contribution in [0.3, 0.4) is 0 Å². The molecule has 1 aromatic heterocycles. The van der Waals surface area contributed by atoms with Gasteiger partial charge >= 0.3 is 0 Å². The maximum Gasteiger partial charge on any atom is 0.123 e. The number of thiophene rings is 1. The molecule has 0 aliphatic heterocycles. The molecular weight excluding hydrogens is 244 g/mol. The summed E-state index contributed by atoms with van der Waals surface area (Å²) in [4.78, 5) is 0. The Morgan fingerprint density at radius 1 is 1.33 bits per heavy atom. The van der Waals surface area contributed by atoms with Crippen molar-refractivity contribution in [3.63, 3.8) is 0 Å². The smallest absolute Gasteiger partial charge is 0.123 e. The van der Waals surface area contributed by atoms with E-state index in [2.05, 4.69) is 28.2 Å². The zero-order valence-corrected chi connectivity index (χ0v) is 11.0. The van der Waals surface area contributed by atoms with Gasteiger partial charge in [0, 0.05) is 18.7 Å². The zero-order valence-electron chi connectivity index (χ0n) is 10.1. The summed E-state index contributed by atoms with van der Waals surface area (Å²) in [6.45, 7) is 1.51. The third-order valence-corrected chi connectivity index (χ3v) is 3.37. The van der Waals surface area contributed by atoms with Crippen LogP contribution in [-0.2, 0) is 13.1 Å². The molecule has 1 aromatic carbocycles. The normalized spacial score (nSPS) is 10.0. The Balaban J connectivity index is 2.01. The molecule has 3 nitrogen and oxygen atoms in total. The predicted octanol–water partition coefficient (Wildman–Crippen LogP) is 2.92. The van der Waals surface area contributed by atoms with Crippen molar-refractivity contribution in [1.29, 1.82) is 5.26 Å². The van der Waals surface area contributed by atoms with Crippen LogP contribution in [0.1, 0.15) is 16.7 Å². The highest BCUT2D eigenvalue weighted by Crippen LogP contribution is 2.19. The molecule has 92 valence electrons. The minimum absolute atomic E-state index is 0.656. The largest absolute Gasteiger partial charge is 0.496 e. The molecular formula is C14H14N2OS. The lowest BCUT2D eigenvalue weighted by Gasteiger charge is -2.09. The van der Waals surface area contributed by atoms with Crippen LogP contribution < -0.4 is 10.1 Å². The topological polar surface area (TPSA) is 45.0 Å². The van der Waals surface area contributed by atoms with Gasteiger partial charge in [-0.2, -0.15) is 16.6 Å². The van der Waals surface area contributed by atoms with E-state index in [0.29, 0.717) is 12.1 Å². The first kappa shape index (κ1) is 12.6. The molecule has 0 saturated heterocycles. The van der Waals surface area contributed by atoms with Crippen molar-refractivity contribution in [3.8, 4) is 11.8 Å². The fraction of sp³-hybridized carbons (Fsp3) is 0.214. The highest BCUT2D eigenvalue weighted by atomic mass is 32.1. The van der Waals surface area contributed by atoms with Crippen molar-refractivity contribution in [2.24, 2.45) is 0 Å². The maximum atomic E-state index is 8.89. The minimum Gasteiger partial charge on any atom is -0.496 e. The molecule has 0 bridgehead atoms. The minimum atomic E-state index is 0.656. The van der Waals surface area contributed by atoms with Crippen molar-refractivity contribution in [3.05, 3.63) is 51.7 Å². The van der Waals surface area contributed by atoms with Crippen LogP contribution in [0.4, 0.5) is 0 Å². The molecule has 0 fully saturated rings. The number of nitrogens with zero attached hydrogens (tertiary/aromatic N) is 1. The van der Waals surface area contributed by atoms with E-state index in [1.807, 2.05) is 12.1 Å². The second kappa shape index (κ2) is 6.20. The number of hydrogen-bond acceptors (Lipinski definition) is 4. The lowest BCUT2D eigenvalue weighted by molar-refractivity contribution is 0.407. The van der Waals surface area contributed by atoms with E-state index in [1.165, 1.54) is 5.56 Å². The van der Waals surface area contributed by atoms with Gasteiger partial charge in [0.15, 0.2) is 0 Å². The lowest BCUT2D eigenvalue weighted by Crippen LogP contribution is -2.13. The van der Waals surface area contributed by atoms with Gasteiger partial charge in [0.2, 0.25) is 0 Å². The highest BCUT2D eigenvalue weighted by Gasteiger charge is 2.04. The zero-order chi connectivity index (χ0) is 12.8. The van der Waals surface area contributed by atoms with Crippen molar-refractivity contribution in [2.75, 3.05) is 7.11 Å². The van der Waals surface area contributed by atoms with Crippen LogP contribution in [0.15, 0.2) is 35.0 Å². The summed E-state index contributed by atoms with van der Waals surface area (Å²) in [6, 6.07) is 9.70. The molecule has 0 aliphatic rings. The maximum absolute atomic E-state index is 8.89. The Bertz CT molecular complexity index is 543. The Hall–Kier alpha value is -1.83. The number of rotatable bonds is 5. The Labute approximate surface area is 111 Å². The first-order valence-electron chi connectivity index (χ1n) is 5.62. The molecule has 0 amide bonds. The van der Waals surface area contributed by atoms with Gasteiger partial charge in [-0.3, -0.25) is 0 Å². The first-order valence-corrected chi connectivity index (χ1v) is 6.56. The summed E-state index contributed by atoms with van der Waals surface area (Å²) in [5, 5.41) is 16.4. The molecule has 1 N–H and O–H groups in total. The molecule has 2 aromatic rings. The Kier molecular flexibility index (Phi) is 4.35. The molecule has 0 radical (unpaired) electrons. The van der Waals surface area contributed by atoms with E-state index < -0.39 is 0 Å². The molecule has 0 saturated carbocycles. The average Bonchev–Trinajstić information content (AvgIpc) is 2.92. The molecule has 0 atom stereocenters. The first-order chi connectivity index (χ1) is 8.83. The number of ether oxygens (including phenoxy) is 1. The van der Waals surface area contributed by atoms with Gasteiger partial charge in [-0.1, -0.05) is 0 Å². The van der Waals surface area contributed by atoms with Crippen molar-refractivity contribution >= 4 is 11.3 Å². The summed E-state index contributed by atoms with van der Waals surface area (Å²) < 4.78 is 5.29. The van der Waals surface area contributed by atoms with Crippen molar-refractivity contribution < 1.29 is 4.74 Å². The van der Waals surface area contributed by atoms with Crippen LogP contribution in [0.2, 0.25) is 0 Å². The van der Waals surface area contributed by atoms with Gasteiger partial charge in [0.1, 0.15) is 5.75 Å². The Morgan fingerprint density at radius 2 is 2.22 bits per heavy atom. The van der Waals surface area contributed by atoms with Gasteiger partial charge in [0.05, 0.1) is 18.7 Å². The van der Waals surface area contributed by atoms with Crippen LogP contribution in [0, 0.1) is 11.3 Å². The van der Waals surface area contributed by atoms with E-state index in [0.717, 1.165) is 17.9 Å². The van der Waals surface area contributed by atoms with E-state index in [9.17, 15) is 0 Å². The summed E-state index contributed by atoms with van der Waals surface area (Å²) in [7, 11) is 1.64. The van der Waals surface area contributed by atoms with Crippen LogP contribution in [-0.4, -0.2) is 7.11 Å². The number of nitrogens with one attached hydrogen (secondary N) is 1. The molecule has 0 unspecified atom stereocenters. The lowest BCUT2D eigenvalue weighted by atomic mass is 10.1. The molecule has 2 rings (SSSR count). The quantitative estimate of drug-likeness (QED) is 0.897. The summed E-state index contributed by atoms with van der Waals surface area (Å²) in [5.74, 6) is 0.812. The number of benzene rings is 1. The van der Waals surface area contributed by atoms with Gasteiger partial charge in [-0.05, 0) is 40.6 Å². The number of nitriles is 1. The third kappa shape index (κ3) is 3.10. The SMILES string of the molecule is COc1ccc(C#N)cc1CNCc1ccsc1. The molecule has 18 heavy (non-hydrogen) atoms. The average molecular weight is 258 g/mol. The van der Waals surface area contributed by atoms with Crippen LogP contribution in [0.5, 0.6) is 5.75 Å². The van der Waals surface area contributed by atoms with Crippen molar-refractivity contribution in [2.45, 2.75) is 13.1 Å². The monoisotopic (exact) mass is 258 g/mol. The van der Waals surface area contributed by atoms with E-state index in [4.69, 9.17) is 10.00 Å². The highest BCUT2D eigenvalue weighted by molar-refractivity contribution is 7.07. The predicted molar refractivity (Wildman–Crippen MR) is 72.6 cm³/mol. The standard InChI is InChI=1S/C14H14N2OS/c1-17-14-3-2-11(7-15)6-13(14)9-16-8-12-4-5-18-10-12/h2-6,10,16H,8-9H2,1H3. The molecule has 0 aliphatic carbocycles.